The molecule has 2 fully saturated rings. The largest absolute Gasteiger partial charge is 0.378 e. The highest BCUT2D eigenvalue weighted by Crippen LogP contribution is 2.32. The summed E-state index contributed by atoms with van der Waals surface area (Å²) in [6.07, 6.45) is 7.87. The maximum Gasteiger partial charge on any atom is 0.138 e. The van der Waals surface area contributed by atoms with Gasteiger partial charge in [-0.1, -0.05) is 12.8 Å². The SMILES string of the molecule is CCOC(CC(OCC)C1CCCCC1=O)C1CCCCC1=O. The van der Waals surface area contributed by atoms with E-state index in [0.29, 0.717) is 44.0 Å². The number of hydrogen-bond acceptors (Lipinski definition) is 4. The molecule has 0 aromatic heterocycles. The first-order valence-electron chi connectivity index (χ1n) is 9.46. The van der Waals surface area contributed by atoms with Gasteiger partial charge in [-0.05, 0) is 39.5 Å². The zero-order chi connectivity index (χ0) is 16.7. The molecular formula is C19H32O4. The van der Waals surface area contributed by atoms with Gasteiger partial charge < -0.3 is 9.47 Å². The average Bonchev–Trinajstić information content (AvgIpc) is 2.55. The molecule has 132 valence electrons. The Morgan fingerprint density at radius 1 is 0.826 bits per heavy atom. The Balaban J connectivity index is 2.06. The highest BCUT2D eigenvalue weighted by atomic mass is 16.5. The van der Waals surface area contributed by atoms with E-state index in [2.05, 4.69) is 0 Å². The van der Waals surface area contributed by atoms with Crippen molar-refractivity contribution in [3.63, 3.8) is 0 Å². The average molecular weight is 324 g/mol. The smallest absolute Gasteiger partial charge is 0.138 e. The van der Waals surface area contributed by atoms with Gasteiger partial charge in [0.2, 0.25) is 0 Å². The summed E-state index contributed by atoms with van der Waals surface area (Å²) < 4.78 is 11.9. The number of rotatable bonds is 8. The Hall–Kier alpha value is -0.740. The van der Waals surface area contributed by atoms with E-state index in [9.17, 15) is 9.59 Å². The lowest BCUT2D eigenvalue weighted by Crippen LogP contribution is -2.41. The van der Waals surface area contributed by atoms with Crippen molar-refractivity contribution in [1.29, 1.82) is 0 Å². The minimum Gasteiger partial charge on any atom is -0.378 e. The van der Waals surface area contributed by atoms with Crippen molar-refractivity contribution < 1.29 is 19.1 Å². The molecule has 0 amide bonds. The van der Waals surface area contributed by atoms with Crippen molar-refractivity contribution in [3.05, 3.63) is 0 Å². The third-order valence-electron chi connectivity index (χ3n) is 5.33. The molecule has 0 aromatic rings. The number of carbonyl (C=O) groups is 2. The van der Waals surface area contributed by atoms with Crippen LogP contribution in [-0.4, -0.2) is 37.0 Å². The van der Waals surface area contributed by atoms with E-state index in [0.717, 1.165) is 38.5 Å². The predicted octanol–water partition coefficient (Wildman–Crippen LogP) is 3.71. The maximum absolute atomic E-state index is 12.3. The van der Waals surface area contributed by atoms with E-state index in [1.54, 1.807) is 0 Å². The number of Topliss-reactive ketones (excluding diaryl/α,β-unsaturated/α-hetero) is 2. The Labute approximate surface area is 140 Å². The first-order chi connectivity index (χ1) is 11.2. The highest BCUT2D eigenvalue weighted by molar-refractivity contribution is 5.83. The summed E-state index contributed by atoms with van der Waals surface area (Å²) >= 11 is 0. The summed E-state index contributed by atoms with van der Waals surface area (Å²) in [6.45, 7) is 5.15. The van der Waals surface area contributed by atoms with Gasteiger partial charge in [0.05, 0.1) is 12.2 Å². The first-order valence-corrected chi connectivity index (χ1v) is 9.46. The van der Waals surface area contributed by atoms with Crippen LogP contribution in [0.2, 0.25) is 0 Å². The fourth-order valence-electron chi connectivity index (χ4n) is 4.16. The molecule has 4 heteroatoms. The van der Waals surface area contributed by atoms with Crippen LogP contribution in [0.4, 0.5) is 0 Å². The van der Waals surface area contributed by atoms with Gasteiger partial charge in [0, 0.05) is 44.3 Å². The Kier molecular flexibility index (Phi) is 7.71. The number of ether oxygens (including phenoxy) is 2. The molecule has 4 unspecified atom stereocenters. The van der Waals surface area contributed by atoms with Gasteiger partial charge in [-0.2, -0.15) is 0 Å². The fraction of sp³-hybridized carbons (Fsp3) is 0.895. The normalized spacial score (nSPS) is 28.6. The highest BCUT2D eigenvalue weighted by Gasteiger charge is 2.37. The molecule has 0 spiro atoms. The quantitative estimate of drug-likeness (QED) is 0.683. The van der Waals surface area contributed by atoms with Gasteiger partial charge in [0.15, 0.2) is 0 Å². The minimum atomic E-state index is -0.0981. The molecule has 2 saturated carbocycles. The zero-order valence-corrected chi connectivity index (χ0v) is 14.7. The van der Waals surface area contributed by atoms with Gasteiger partial charge in [-0.25, -0.2) is 0 Å². The Morgan fingerprint density at radius 3 is 1.61 bits per heavy atom. The molecule has 2 rings (SSSR count). The molecule has 0 bridgehead atoms. The van der Waals surface area contributed by atoms with Crippen LogP contribution in [0, 0.1) is 11.8 Å². The lowest BCUT2D eigenvalue weighted by Gasteiger charge is -2.35. The molecule has 0 aromatic carbocycles. The molecule has 23 heavy (non-hydrogen) atoms. The van der Waals surface area contributed by atoms with E-state index in [-0.39, 0.29) is 24.0 Å². The van der Waals surface area contributed by atoms with Gasteiger partial charge in [0.1, 0.15) is 11.6 Å². The van der Waals surface area contributed by atoms with E-state index < -0.39 is 0 Å². The predicted molar refractivity (Wildman–Crippen MR) is 89.4 cm³/mol. The van der Waals surface area contributed by atoms with E-state index in [4.69, 9.17) is 9.47 Å². The van der Waals surface area contributed by atoms with Gasteiger partial charge in [0.25, 0.3) is 0 Å². The van der Waals surface area contributed by atoms with Crippen molar-refractivity contribution in [1.82, 2.24) is 0 Å². The van der Waals surface area contributed by atoms with Crippen molar-refractivity contribution >= 4 is 11.6 Å². The molecule has 0 aliphatic heterocycles. The molecule has 2 aliphatic carbocycles. The maximum atomic E-state index is 12.3. The van der Waals surface area contributed by atoms with E-state index >= 15 is 0 Å². The molecule has 2 aliphatic rings. The second-order valence-electron chi connectivity index (χ2n) is 6.86. The van der Waals surface area contributed by atoms with Crippen LogP contribution in [0.5, 0.6) is 0 Å². The summed E-state index contributed by atoms with van der Waals surface area (Å²) in [5, 5.41) is 0. The molecule has 0 saturated heterocycles. The molecular weight excluding hydrogens is 292 g/mol. The minimum absolute atomic E-state index is 0.00894. The molecule has 0 heterocycles. The van der Waals surface area contributed by atoms with Crippen molar-refractivity contribution in [3.8, 4) is 0 Å². The van der Waals surface area contributed by atoms with Crippen LogP contribution in [0.3, 0.4) is 0 Å². The zero-order valence-electron chi connectivity index (χ0n) is 14.7. The van der Waals surface area contributed by atoms with Crippen LogP contribution in [0.15, 0.2) is 0 Å². The standard InChI is InChI=1S/C19H32O4/c1-3-22-18(14-9-5-7-11-16(14)20)13-19(23-4-2)15-10-6-8-12-17(15)21/h14-15,18-19H,3-13H2,1-2H3. The van der Waals surface area contributed by atoms with Gasteiger partial charge in [-0.3, -0.25) is 9.59 Å². The Morgan fingerprint density at radius 2 is 1.26 bits per heavy atom. The van der Waals surface area contributed by atoms with E-state index in [1.165, 1.54) is 0 Å². The molecule has 0 radical (unpaired) electrons. The summed E-state index contributed by atoms with van der Waals surface area (Å²) in [4.78, 5) is 24.6. The second kappa shape index (κ2) is 9.53. The topological polar surface area (TPSA) is 52.6 Å². The number of ketones is 2. The molecule has 4 atom stereocenters. The van der Waals surface area contributed by atoms with Gasteiger partial charge in [-0.15, -0.1) is 0 Å². The number of hydrogen-bond donors (Lipinski definition) is 0. The lowest BCUT2D eigenvalue weighted by molar-refractivity contribution is -0.137. The lowest BCUT2D eigenvalue weighted by atomic mass is 9.78. The summed E-state index contributed by atoms with van der Waals surface area (Å²) in [5.41, 5.74) is 0. The summed E-state index contributed by atoms with van der Waals surface area (Å²) in [5.74, 6) is 0.649. The van der Waals surface area contributed by atoms with Crippen LogP contribution in [0.25, 0.3) is 0 Å². The third-order valence-corrected chi connectivity index (χ3v) is 5.33. The van der Waals surface area contributed by atoms with Gasteiger partial charge >= 0.3 is 0 Å². The van der Waals surface area contributed by atoms with Crippen molar-refractivity contribution in [2.24, 2.45) is 11.8 Å². The number of carbonyl (C=O) groups excluding carboxylic acids is 2. The fourth-order valence-corrected chi connectivity index (χ4v) is 4.16. The Bertz CT molecular complexity index is 357. The van der Waals surface area contributed by atoms with Crippen molar-refractivity contribution in [2.75, 3.05) is 13.2 Å². The first kappa shape index (κ1) is 18.6. The van der Waals surface area contributed by atoms with Crippen molar-refractivity contribution in [2.45, 2.75) is 83.8 Å². The van der Waals surface area contributed by atoms with E-state index in [1.807, 2.05) is 13.8 Å². The van der Waals surface area contributed by atoms with Crippen LogP contribution in [0.1, 0.15) is 71.6 Å². The molecule has 0 N–H and O–H groups in total. The third kappa shape index (κ3) is 5.12. The van der Waals surface area contributed by atoms with Crippen LogP contribution >= 0.6 is 0 Å². The monoisotopic (exact) mass is 324 g/mol. The van der Waals surface area contributed by atoms with Crippen LogP contribution in [-0.2, 0) is 19.1 Å². The summed E-state index contributed by atoms with van der Waals surface area (Å²) in [6, 6.07) is 0. The van der Waals surface area contributed by atoms with Crippen LogP contribution < -0.4 is 0 Å². The summed E-state index contributed by atoms with van der Waals surface area (Å²) in [7, 11) is 0. The molecule has 4 nitrogen and oxygen atoms in total. The second-order valence-corrected chi connectivity index (χ2v) is 6.86.